The smallest absolute Gasteiger partial charge is 0.254 e. The van der Waals surface area contributed by atoms with Crippen LogP contribution in [0.15, 0.2) is 42.5 Å². The lowest BCUT2D eigenvalue weighted by molar-refractivity contribution is 0.0746. The summed E-state index contributed by atoms with van der Waals surface area (Å²) >= 11 is 5.99. The summed E-state index contributed by atoms with van der Waals surface area (Å²) in [6, 6.07) is 13.1. The minimum atomic E-state index is 0.0180. The zero-order valence-electron chi connectivity index (χ0n) is 13.9. The number of fused-ring (bicyclic) bond motifs is 1. The SMILES string of the molecule is Cc1cccc2nnc(N3CCN(C(=O)c4cccc(Cl)c4)CC3)n12. The molecule has 1 saturated heterocycles. The minimum Gasteiger partial charge on any atom is -0.337 e. The number of carbonyl (C=O) groups excluding carboxylic acids is 1. The van der Waals surface area contributed by atoms with Crippen molar-refractivity contribution in [2.24, 2.45) is 0 Å². The Kier molecular flexibility index (Phi) is 4.05. The van der Waals surface area contributed by atoms with Gasteiger partial charge in [-0.25, -0.2) is 0 Å². The maximum Gasteiger partial charge on any atom is 0.254 e. The normalized spacial score (nSPS) is 15.0. The van der Waals surface area contributed by atoms with Crippen LogP contribution in [0.5, 0.6) is 0 Å². The lowest BCUT2D eigenvalue weighted by Crippen LogP contribution is -2.49. The summed E-state index contributed by atoms with van der Waals surface area (Å²) < 4.78 is 2.05. The largest absolute Gasteiger partial charge is 0.337 e. The Morgan fingerprint density at radius 3 is 2.56 bits per heavy atom. The number of anilines is 1. The molecule has 25 heavy (non-hydrogen) atoms. The molecule has 0 saturated carbocycles. The Balaban J connectivity index is 1.50. The lowest BCUT2D eigenvalue weighted by Gasteiger charge is -2.34. The van der Waals surface area contributed by atoms with Gasteiger partial charge in [-0.15, -0.1) is 10.2 Å². The molecule has 128 valence electrons. The Morgan fingerprint density at radius 2 is 1.80 bits per heavy atom. The molecule has 2 aromatic heterocycles. The van der Waals surface area contributed by atoms with Crippen LogP contribution in [0.1, 0.15) is 16.1 Å². The van der Waals surface area contributed by atoms with Gasteiger partial charge in [-0.3, -0.25) is 9.20 Å². The molecule has 1 aromatic carbocycles. The molecule has 0 bridgehead atoms. The molecule has 0 atom stereocenters. The fraction of sp³-hybridized carbons (Fsp3) is 0.278. The third-order valence-corrected chi connectivity index (χ3v) is 4.76. The number of amides is 1. The van der Waals surface area contributed by atoms with Crippen LogP contribution in [0, 0.1) is 6.92 Å². The van der Waals surface area contributed by atoms with Crippen molar-refractivity contribution in [2.75, 3.05) is 31.1 Å². The third kappa shape index (κ3) is 2.93. The molecule has 0 N–H and O–H groups in total. The van der Waals surface area contributed by atoms with Crippen molar-refractivity contribution < 1.29 is 4.79 Å². The number of hydrogen-bond donors (Lipinski definition) is 0. The van der Waals surface area contributed by atoms with E-state index in [2.05, 4.69) is 19.5 Å². The minimum absolute atomic E-state index is 0.0180. The van der Waals surface area contributed by atoms with Crippen LogP contribution >= 0.6 is 11.6 Å². The highest BCUT2D eigenvalue weighted by atomic mass is 35.5. The molecule has 0 aliphatic carbocycles. The standard InChI is InChI=1S/C18H18ClN5O/c1-13-4-2-7-16-20-21-18(24(13)16)23-10-8-22(9-11-23)17(25)14-5-3-6-15(19)12-14/h2-7,12H,8-11H2,1H3. The Bertz CT molecular complexity index is 930. The Labute approximate surface area is 150 Å². The zero-order chi connectivity index (χ0) is 17.4. The number of piperazine rings is 1. The molecule has 7 heteroatoms. The maximum absolute atomic E-state index is 12.6. The van der Waals surface area contributed by atoms with Gasteiger partial charge >= 0.3 is 0 Å². The first-order valence-electron chi connectivity index (χ1n) is 8.24. The van der Waals surface area contributed by atoms with E-state index in [1.54, 1.807) is 24.3 Å². The van der Waals surface area contributed by atoms with Crippen LogP contribution < -0.4 is 4.90 Å². The topological polar surface area (TPSA) is 53.7 Å². The molecule has 1 amide bonds. The van der Waals surface area contributed by atoms with E-state index in [0.717, 1.165) is 30.4 Å². The predicted octanol–water partition coefficient (Wildman–Crippen LogP) is 2.65. The van der Waals surface area contributed by atoms with Gasteiger partial charge in [0.2, 0.25) is 5.95 Å². The molecule has 1 aliphatic heterocycles. The second kappa shape index (κ2) is 6.37. The van der Waals surface area contributed by atoms with Crippen LogP contribution in [-0.2, 0) is 0 Å². The second-order valence-electron chi connectivity index (χ2n) is 6.15. The summed E-state index contributed by atoms with van der Waals surface area (Å²) in [6.45, 7) is 4.78. The third-order valence-electron chi connectivity index (χ3n) is 4.53. The molecule has 3 heterocycles. The van der Waals surface area contributed by atoms with Crippen molar-refractivity contribution in [2.45, 2.75) is 6.92 Å². The van der Waals surface area contributed by atoms with Crippen molar-refractivity contribution in [3.05, 3.63) is 58.7 Å². The van der Waals surface area contributed by atoms with Gasteiger partial charge in [0.1, 0.15) is 0 Å². The monoisotopic (exact) mass is 355 g/mol. The fourth-order valence-electron chi connectivity index (χ4n) is 3.20. The van der Waals surface area contributed by atoms with Gasteiger partial charge in [0.05, 0.1) is 0 Å². The van der Waals surface area contributed by atoms with Crippen molar-refractivity contribution in [3.63, 3.8) is 0 Å². The Morgan fingerprint density at radius 1 is 1.04 bits per heavy atom. The molecular formula is C18H18ClN5O. The average molecular weight is 356 g/mol. The summed E-state index contributed by atoms with van der Waals surface area (Å²) in [5.74, 6) is 0.854. The van der Waals surface area contributed by atoms with E-state index >= 15 is 0 Å². The van der Waals surface area contributed by atoms with Gasteiger partial charge in [-0.1, -0.05) is 23.7 Å². The van der Waals surface area contributed by atoms with Crippen LogP contribution in [0.25, 0.3) is 5.65 Å². The highest BCUT2D eigenvalue weighted by Gasteiger charge is 2.25. The zero-order valence-corrected chi connectivity index (χ0v) is 14.6. The number of rotatable bonds is 2. The van der Waals surface area contributed by atoms with E-state index in [4.69, 9.17) is 11.6 Å². The van der Waals surface area contributed by atoms with Gasteiger partial charge in [0, 0.05) is 42.5 Å². The van der Waals surface area contributed by atoms with E-state index in [-0.39, 0.29) is 5.91 Å². The average Bonchev–Trinajstić information content (AvgIpc) is 3.07. The summed E-state index contributed by atoms with van der Waals surface area (Å²) in [4.78, 5) is 16.7. The maximum atomic E-state index is 12.6. The number of nitrogens with zero attached hydrogens (tertiary/aromatic N) is 5. The van der Waals surface area contributed by atoms with Gasteiger partial charge in [-0.2, -0.15) is 0 Å². The highest BCUT2D eigenvalue weighted by molar-refractivity contribution is 6.30. The van der Waals surface area contributed by atoms with Crippen LogP contribution in [0.4, 0.5) is 5.95 Å². The van der Waals surface area contributed by atoms with Gasteiger partial charge < -0.3 is 9.80 Å². The number of aryl methyl sites for hydroxylation is 1. The van der Waals surface area contributed by atoms with E-state index in [1.807, 2.05) is 30.0 Å². The molecule has 0 radical (unpaired) electrons. The number of halogens is 1. The summed E-state index contributed by atoms with van der Waals surface area (Å²) in [7, 11) is 0. The molecule has 3 aromatic rings. The quantitative estimate of drug-likeness (QED) is 0.709. The van der Waals surface area contributed by atoms with E-state index in [0.29, 0.717) is 23.7 Å². The molecule has 4 rings (SSSR count). The number of carbonyl (C=O) groups is 1. The number of hydrogen-bond acceptors (Lipinski definition) is 4. The Hall–Kier alpha value is -2.60. The molecule has 0 unspecified atom stereocenters. The number of aromatic nitrogens is 3. The molecule has 0 spiro atoms. The second-order valence-corrected chi connectivity index (χ2v) is 6.59. The highest BCUT2D eigenvalue weighted by Crippen LogP contribution is 2.19. The summed E-state index contributed by atoms with van der Waals surface area (Å²) in [5, 5.41) is 9.16. The summed E-state index contributed by atoms with van der Waals surface area (Å²) in [5.41, 5.74) is 2.56. The van der Waals surface area contributed by atoms with Gasteiger partial charge in [-0.05, 0) is 37.3 Å². The van der Waals surface area contributed by atoms with E-state index in [9.17, 15) is 4.79 Å². The molecular weight excluding hydrogens is 338 g/mol. The molecule has 1 aliphatic rings. The lowest BCUT2D eigenvalue weighted by atomic mass is 10.2. The van der Waals surface area contributed by atoms with Crippen molar-refractivity contribution in [3.8, 4) is 0 Å². The first kappa shape index (κ1) is 15.9. The van der Waals surface area contributed by atoms with Crippen LogP contribution in [0.2, 0.25) is 5.02 Å². The van der Waals surface area contributed by atoms with Crippen molar-refractivity contribution in [1.29, 1.82) is 0 Å². The van der Waals surface area contributed by atoms with Crippen LogP contribution in [-0.4, -0.2) is 51.6 Å². The number of benzene rings is 1. The van der Waals surface area contributed by atoms with Crippen LogP contribution in [0.3, 0.4) is 0 Å². The van der Waals surface area contributed by atoms with E-state index < -0.39 is 0 Å². The van der Waals surface area contributed by atoms with Crippen molar-refractivity contribution >= 4 is 29.1 Å². The first-order chi connectivity index (χ1) is 12.1. The first-order valence-corrected chi connectivity index (χ1v) is 8.62. The summed E-state index contributed by atoms with van der Waals surface area (Å²) in [6.07, 6.45) is 0. The number of pyridine rings is 1. The van der Waals surface area contributed by atoms with Gasteiger partial charge in [0.25, 0.3) is 5.91 Å². The molecule has 6 nitrogen and oxygen atoms in total. The molecule has 1 fully saturated rings. The van der Waals surface area contributed by atoms with Crippen molar-refractivity contribution in [1.82, 2.24) is 19.5 Å². The van der Waals surface area contributed by atoms with E-state index in [1.165, 1.54) is 0 Å². The fourth-order valence-corrected chi connectivity index (χ4v) is 3.39. The van der Waals surface area contributed by atoms with Gasteiger partial charge in [0.15, 0.2) is 5.65 Å². The predicted molar refractivity (Wildman–Crippen MR) is 97.3 cm³/mol.